The van der Waals surface area contributed by atoms with Crippen molar-refractivity contribution in [1.29, 1.82) is 0 Å². The van der Waals surface area contributed by atoms with Crippen molar-refractivity contribution in [3.8, 4) is 0 Å². The Bertz CT molecular complexity index is 1110. The maximum absolute atomic E-state index is 12.6. The molecule has 9 heteroatoms. The van der Waals surface area contributed by atoms with E-state index in [1.807, 2.05) is 29.2 Å². The predicted molar refractivity (Wildman–Crippen MR) is 136 cm³/mol. The van der Waals surface area contributed by atoms with Crippen LogP contribution in [0.1, 0.15) is 35.1 Å². The minimum Gasteiger partial charge on any atom is -0.379 e. The van der Waals surface area contributed by atoms with Crippen molar-refractivity contribution >= 4 is 23.6 Å². The Morgan fingerprint density at radius 3 is 2.67 bits per heavy atom. The molecule has 1 atom stereocenters. The molecule has 2 aliphatic rings. The molecule has 2 heterocycles. The number of hydrogen-bond acceptors (Lipinski definition) is 8. The summed E-state index contributed by atoms with van der Waals surface area (Å²) in [5, 5.41) is 28.0. The van der Waals surface area contributed by atoms with E-state index in [0.717, 1.165) is 36.1 Å². The number of nitrogens with one attached hydrogen (secondary N) is 2. The average Bonchev–Trinajstić information content (AvgIpc) is 3.22. The quantitative estimate of drug-likeness (QED) is 0.291. The third-order valence-corrected chi connectivity index (χ3v) is 6.84. The Morgan fingerprint density at radius 2 is 1.94 bits per heavy atom. The molecule has 1 unspecified atom stereocenters. The normalized spacial score (nSPS) is 17.0. The maximum atomic E-state index is 12.6. The molecule has 36 heavy (non-hydrogen) atoms. The minimum absolute atomic E-state index is 0.198. The first-order valence-electron chi connectivity index (χ1n) is 12.2. The minimum atomic E-state index is -2.33. The van der Waals surface area contributed by atoms with Gasteiger partial charge in [-0.15, -0.1) is 0 Å². The zero-order valence-electron chi connectivity index (χ0n) is 20.6. The molecule has 192 valence electrons. The number of hydrogen-bond donors (Lipinski definition) is 4. The zero-order valence-corrected chi connectivity index (χ0v) is 20.6. The number of carbonyl (C=O) groups is 2. The summed E-state index contributed by atoms with van der Waals surface area (Å²) in [4.78, 5) is 27.7. The summed E-state index contributed by atoms with van der Waals surface area (Å²) < 4.78 is 5.43. The lowest BCUT2D eigenvalue weighted by Gasteiger charge is -2.31. The van der Waals surface area contributed by atoms with Gasteiger partial charge in [0.05, 0.1) is 13.2 Å². The van der Waals surface area contributed by atoms with Gasteiger partial charge in [0.1, 0.15) is 12.3 Å². The van der Waals surface area contributed by atoms with Gasteiger partial charge in [-0.1, -0.05) is 43.0 Å². The Hall–Kier alpha value is -3.24. The number of carbonyl (C=O) groups excluding carboxylic acids is 2. The molecular weight excluding hydrogens is 460 g/mol. The Morgan fingerprint density at radius 1 is 1.19 bits per heavy atom. The van der Waals surface area contributed by atoms with Crippen molar-refractivity contribution in [3.63, 3.8) is 0 Å². The first kappa shape index (κ1) is 25.8. The highest BCUT2D eigenvalue weighted by molar-refractivity contribution is 5.85. The summed E-state index contributed by atoms with van der Waals surface area (Å²) in [6.07, 6.45) is 1.41. The molecule has 0 spiro atoms. The topological polar surface area (TPSA) is 114 Å². The number of morpholine rings is 1. The maximum Gasteiger partial charge on any atom is 0.273 e. The molecule has 1 amide bonds. The van der Waals surface area contributed by atoms with E-state index in [9.17, 15) is 19.8 Å². The number of amides is 1. The number of likely N-dealkylation sites (N-methyl/N-ethyl adjacent to an activating group) is 1. The SMILES string of the molecule is C=C1c2cccc(NC(O)(O)c3ccccc3CN3CCOCC3)c2CN1C(CCC=O)C(=O)NC. The van der Waals surface area contributed by atoms with Gasteiger partial charge in [-0.2, -0.15) is 0 Å². The van der Waals surface area contributed by atoms with E-state index in [0.29, 0.717) is 49.7 Å². The zero-order chi connectivity index (χ0) is 25.7. The van der Waals surface area contributed by atoms with E-state index in [-0.39, 0.29) is 12.3 Å². The molecule has 1 saturated heterocycles. The molecule has 4 N–H and O–H groups in total. The fraction of sp³-hybridized carbons (Fsp3) is 0.407. The van der Waals surface area contributed by atoms with Gasteiger partial charge in [0.2, 0.25) is 5.91 Å². The molecule has 2 aromatic rings. The summed E-state index contributed by atoms with van der Waals surface area (Å²) in [7, 11) is 1.56. The number of benzene rings is 2. The first-order valence-corrected chi connectivity index (χ1v) is 12.2. The summed E-state index contributed by atoms with van der Waals surface area (Å²) in [5.74, 6) is -2.53. The second kappa shape index (κ2) is 11.2. The van der Waals surface area contributed by atoms with Crippen LogP contribution in [0.5, 0.6) is 0 Å². The molecule has 0 aliphatic carbocycles. The lowest BCUT2D eigenvalue weighted by molar-refractivity contribution is -0.144. The van der Waals surface area contributed by atoms with Crippen LogP contribution in [0.15, 0.2) is 49.0 Å². The smallest absolute Gasteiger partial charge is 0.273 e. The van der Waals surface area contributed by atoms with E-state index in [4.69, 9.17) is 4.74 Å². The first-order chi connectivity index (χ1) is 17.4. The van der Waals surface area contributed by atoms with Crippen LogP contribution in [0.25, 0.3) is 5.70 Å². The molecule has 2 aliphatic heterocycles. The van der Waals surface area contributed by atoms with Gasteiger partial charge in [0.15, 0.2) is 0 Å². The summed E-state index contributed by atoms with van der Waals surface area (Å²) in [6, 6.07) is 12.2. The van der Waals surface area contributed by atoms with Crippen LogP contribution in [-0.2, 0) is 33.3 Å². The Balaban J connectivity index is 1.59. The second-order valence-electron chi connectivity index (χ2n) is 9.12. The lowest BCUT2D eigenvalue weighted by Crippen LogP contribution is -2.43. The van der Waals surface area contributed by atoms with Gasteiger partial charge in [-0.3, -0.25) is 9.69 Å². The lowest BCUT2D eigenvalue weighted by atomic mass is 10.0. The van der Waals surface area contributed by atoms with Gasteiger partial charge in [-0.05, 0) is 18.1 Å². The number of anilines is 1. The van der Waals surface area contributed by atoms with E-state index < -0.39 is 12.0 Å². The number of aldehydes is 1. The second-order valence-corrected chi connectivity index (χ2v) is 9.12. The molecule has 1 fully saturated rings. The van der Waals surface area contributed by atoms with Crippen molar-refractivity contribution in [2.24, 2.45) is 0 Å². The molecule has 0 saturated carbocycles. The van der Waals surface area contributed by atoms with Crippen molar-refractivity contribution in [3.05, 3.63) is 71.3 Å². The number of fused-ring (bicyclic) bond motifs is 1. The molecule has 4 rings (SSSR count). The summed E-state index contributed by atoms with van der Waals surface area (Å²) in [6.45, 7) is 7.99. The van der Waals surface area contributed by atoms with Crippen LogP contribution in [-0.4, -0.2) is 71.6 Å². The standard InChI is InChI=1S/C27H34N4O5/c1-19-21-8-5-10-24(22(21)18-31(19)25(11-6-14-32)26(33)28-2)29-27(34,35)23-9-4-3-7-20(23)17-30-12-15-36-16-13-30/h3-5,7-10,14,25,29,34-35H,1,6,11-13,15-18H2,2H3,(H,28,33). The third kappa shape index (κ3) is 5.44. The number of ether oxygens (including phenoxy) is 1. The van der Waals surface area contributed by atoms with E-state index in [1.54, 1.807) is 25.2 Å². The van der Waals surface area contributed by atoms with Gasteiger partial charge >= 0.3 is 0 Å². The van der Waals surface area contributed by atoms with Crippen LogP contribution in [0.3, 0.4) is 0 Å². The third-order valence-electron chi connectivity index (χ3n) is 6.84. The van der Waals surface area contributed by atoms with Crippen LogP contribution in [0, 0.1) is 0 Å². The fourth-order valence-electron chi connectivity index (χ4n) is 4.94. The fourth-order valence-corrected chi connectivity index (χ4v) is 4.94. The summed E-state index contributed by atoms with van der Waals surface area (Å²) >= 11 is 0. The van der Waals surface area contributed by atoms with Gasteiger partial charge in [0.25, 0.3) is 5.91 Å². The number of nitrogens with zero attached hydrogens (tertiary/aromatic N) is 2. The number of aliphatic hydroxyl groups is 2. The monoisotopic (exact) mass is 494 g/mol. The van der Waals surface area contributed by atoms with Crippen LogP contribution >= 0.6 is 0 Å². The van der Waals surface area contributed by atoms with Crippen molar-refractivity contribution in [2.45, 2.75) is 37.9 Å². The van der Waals surface area contributed by atoms with Crippen LogP contribution in [0.2, 0.25) is 0 Å². The van der Waals surface area contributed by atoms with Crippen molar-refractivity contribution < 1.29 is 24.5 Å². The largest absolute Gasteiger partial charge is 0.379 e. The Kier molecular flexibility index (Phi) is 8.05. The van der Waals surface area contributed by atoms with E-state index >= 15 is 0 Å². The molecule has 9 nitrogen and oxygen atoms in total. The van der Waals surface area contributed by atoms with E-state index in [2.05, 4.69) is 22.1 Å². The van der Waals surface area contributed by atoms with E-state index in [1.165, 1.54) is 0 Å². The van der Waals surface area contributed by atoms with Crippen molar-refractivity contribution in [1.82, 2.24) is 15.1 Å². The number of rotatable bonds is 10. The summed E-state index contributed by atoms with van der Waals surface area (Å²) in [5.41, 5.74) is 4.00. The predicted octanol–water partition coefficient (Wildman–Crippen LogP) is 1.61. The van der Waals surface area contributed by atoms with Crippen molar-refractivity contribution in [2.75, 3.05) is 38.7 Å². The highest BCUT2D eigenvalue weighted by atomic mass is 16.5. The molecular formula is C27H34N4O5. The highest BCUT2D eigenvalue weighted by Gasteiger charge is 2.36. The van der Waals surface area contributed by atoms with Gasteiger partial charge < -0.3 is 35.3 Å². The molecule has 0 aromatic heterocycles. The average molecular weight is 495 g/mol. The highest BCUT2D eigenvalue weighted by Crippen LogP contribution is 2.39. The van der Waals surface area contributed by atoms with Gasteiger partial charge in [0, 0.05) is 67.7 Å². The molecule has 0 bridgehead atoms. The Labute approximate surface area is 211 Å². The molecule has 2 aromatic carbocycles. The molecule has 0 radical (unpaired) electrons. The van der Waals surface area contributed by atoms with Crippen LogP contribution in [0.4, 0.5) is 5.69 Å². The van der Waals surface area contributed by atoms with Gasteiger partial charge in [-0.25, -0.2) is 0 Å². The van der Waals surface area contributed by atoms with Crippen LogP contribution < -0.4 is 10.6 Å².